The molecule has 0 rings (SSSR count). The lowest BCUT2D eigenvalue weighted by atomic mass is 10.0. The Hall–Kier alpha value is -0.220. The fourth-order valence-corrected chi connectivity index (χ4v) is 1.22. The van der Waals surface area contributed by atoms with Crippen LogP contribution in [0.2, 0.25) is 0 Å². The molecule has 0 aliphatic rings. The lowest BCUT2D eigenvalue weighted by Crippen LogP contribution is -2.42. The number of nitrogens with one attached hydrogen (secondary N) is 1. The van der Waals surface area contributed by atoms with Crippen molar-refractivity contribution < 1.29 is 13.5 Å². The first-order valence-corrected chi connectivity index (χ1v) is 4.63. The molecule has 0 spiro atoms. The van der Waals surface area contributed by atoms with Crippen molar-refractivity contribution in [1.82, 2.24) is 5.32 Å². The predicted octanol–water partition coefficient (Wildman–Crippen LogP) is 1.90. The van der Waals surface area contributed by atoms with E-state index in [1.165, 1.54) is 7.11 Å². The van der Waals surface area contributed by atoms with Gasteiger partial charge in [0.1, 0.15) is 0 Å². The molecule has 80 valence electrons. The van der Waals surface area contributed by atoms with E-state index in [0.29, 0.717) is 13.2 Å². The summed E-state index contributed by atoms with van der Waals surface area (Å²) in [6, 6.07) is -0.750. The van der Waals surface area contributed by atoms with Gasteiger partial charge >= 0.3 is 0 Å². The fraction of sp³-hybridized carbons (Fsp3) is 1.00. The first kappa shape index (κ1) is 12.8. The molecule has 0 aromatic rings. The summed E-state index contributed by atoms with van der Waals surface area (Å²) in [7, 11) is 1.53. The monoisotopic (exact) mass is 195 g/mol. The van der Waals surface area contributed by atoms with Crippen LogP contribution in [-0.2, 0) is 4.74 Å². The topological polar surface area (TPSA) is 21.3 Å². The Morgan fingerprint density at radius 3 is 2.38 bits per heavy atom. The Kier molecular flexibility index (Phi) is 7.09. The van der Waals surface area contributed by atoms with Gasteiger partial charge in [-0.05, 0) is 13.0 Å². The van der Waals surface area contributed by atoms with Gasteiger partial charge in [0.15, 0.2) is 0 Å². The summed E-state index contributed by atoms with van der Waals surface area (Å²) in [5, 5.41) is 2.82. The molecule has 0 amide bonds. The molecule has 0 aromatic heterocycles. The van der Waals surface area contributed by atoms with Crippen LogP contribution < -0.4 is 5.32 Å². The SMILES string of the molecule is CCCNC(C(F)F)C(C)COC. The lowest BCUT2D eigenvalue weighted by Gasteiger charge is -2.23. The molecule has 0 aliphatic carbocycles. The van der Waals surface area contributed by atoms with Crippen LogP contribution in [0, 0.1) is 5.92 Å². The summed E-state index contributed by atoms with van der Waals surface area (Å²) < 4.78 is 29.8. The standard InChI is InChI=1S/C9H19F2NO/c1-4-5-12-8(9(10)11)7(2)6-13-3/h7-9,12H,4-6H2,1-3H3. The number of halogens is 2. The summed E-state index contributed by atoms with van der Waals surface area (Å²) in [6.45, 7) is 4.72. The van der Waals surface area contributed by atoms with Gasteiger partial charge in [-0.3, -0.25) is 0 Å². The molecule has 2 atom stereocenters. The Morgan fingerprint density at radius 1 is 1.38 bits per heavy atom. The maximum absolute atomic E-state index is 12.5. The number of rotatable bonds is 7. The zero-order valence-electron chi connectivity index (χ0n) is 8.52. The van der Waals surface area contributed by atoms with Crippen LogP contribution in [0.4, 0.5) is 8.78 Å². The van der Waals surface area contributed by atoms with Gasteiger partial charge in [-0.15, -0.1) is 0 Å². The van der Waals surface area contributed by atoms with Crippen molar-refractivity contribution in [2.24, 2.45) is 5.92 Å². The zero-order valence-corrected chi connectivity index (χ0v) is 8.52. The van der Waals surface area contributed by atoms with E-state index in [9.17, 15) is 8.78 Å². The van der Waals surface area contributed by atoms with E-state index < -0.39 is 12.5 Å². The maximum Gasteiger partial charge on any atom is 0.254 e. The summed E-state index contributed by atoms with van der Waals surface area (Å²) in [4.78, 5) is 0. The highest BCUT2D eigenvalue weighted by Crippen LogP contribution is 2.12. The van der Waals surface area contributed by atoms with Gasteiger partial charge in [-0.2, -0.15) is 0 Å². The van der Waals surface area contributed by atoms with E-state index in [4.69, 9.17) is 4.74 Å². The van der Waals surface area contributed by atoms with E-state index >= 15 is 0 Å². The van der Waals surface area contributed by atoms with Crippen LogP contribution in [0.5, 0.6) is 0 Å². The molecular formula is C9H19F2NO. The van der Waals surface area contributed by atoms with Crippen molar-refractivity contribution in [3.63, 3.8) is 0 Å². The predicted molar refractivity (Wildman–Crippen MR) is 49.1 cm³/mol. The molecule has 0 aromatic carbocycles. The Labute approximate surface area is 78.7 Å². The molecule has 0 bridgehead atoms. The number of hydrogen-bond donors (Lipinski definition) is 1. The Bertz CT molecular complexity index is 122. The van der Waals surface area contributed by atoms with E-state index in [1.807, 2.05) is 6.92 Å². The van der Waals surface area contributed by atoms with Crippen LogP contribution in [-0.4, -0.2) is 32.7 Å². The number of hydrogen-bond acceptors (Lipinski definition) is 2. The normalized spacial score (nSPS) is 16.2. The van der Waals surface area contributed by atoms with Crippen LogP contribution in [0.15, 0.2) is 0 Å². The molecule has 2 nitrogen and oxygen atoms in total. The summed E-state index contributed by atoms with van der Waals surface area (Å²) in [5.74, 6) is -0.156. The van der Waals surface area contributed by atoms with Gasteiger partial charge in [0, 0.05) is 13.0 Å². The molecule has 4 heteroatoms. The minimum Gasteiger partial charge on any atom is -0.384 e. The number of ether oxygens (including phenoxy) is 1. The van der Waals surface area contributed by atoms with Crippen molar-refractivity contribution >= 4 is 0 Å². The molecular weight excluding hydrogens is 176 g/mol. The van der Waals surface area contributed by atoms with Gasteiger partial charge < -0.3 is 10.1 Å². The zero-order chi connectivity index (χ0) is 10.3. The van der Waals surface area contributed by atoms with Crippen molar-refractivity contribution in [1.29, 1.82) is 0 Å². The molecule has 0 heterocycles. The molecule has 0 saturated heterocycles. The molecule has 0 radical (unpaired) electrons. The van der Waals surface area contributed by atoms with E-state index in [0.717, 1.165) is 6.42 Å². The molecule has 0 aliphatic heterocycles. The Morgan fingerprint density at radius 2 is 2.00 bits per heavy atom. The first-order valence-electron chi connectivity index (χ1n) is 4.63. The summed E-state index contributed by atoms with van der Waals surface area (Å²) in [5.41, 5.74) is 0. The van der Waals surface area contributed by atoms with E-state index in [-0.39, 0.29) is 5.92 Å². The quantitative estimate of drug-likeness (QED) is 0.670. The van der Waals surface area contributed by atoms with E-state index in [1.54, 1.807) is 6.92 Å². The second-order valence-electron chi connectivity index (χ2n) is 3.25. The van der Waals surface area contributed by atoms with Crippen molar-refractivity contribution in [2.45, 2.75) is 32.7 Å². The van der Waals surface area contributed by atoms with Crippen molar-refractivity contribution in [2.75, 3.05) is 20.3 Å². The molecule has 0 fully saturated rings. The van der Waals surface area contributed by atoms with Gasteiger partial charge in [-0.1, -0.05) is 13.8 Å². The molecule has 1 N–H and O–H groups in total. The largest absolute Gasteiger partial charge is 0.384 e. The highest BCUT2D eigenvalue weighted by atomic mass is 19.3. The average Bonchev–Trinajstić information content (AvgIpc) is 2.05. The van der Waals surface area contributed by atoms with Crippen molar-refractivity contribution in [3.05, 3.63) is 0 Å². The highest BCUT2D eigenvalue weighted by molar-refractivity contribution is 4.75. The third-order valence-corrected chi connectivity index (χ3v) is 1.94. The molecule has 2 unspecified atom stereocenters. The lowest BCUT2D eigenvalue weighted by molar-refractivity contribution is 0.0442. The number of methoxy groups -OCH3 is 1. The third-order valence-electron chi connectivity index (χ3n) is 1.94. The van der Waals surface area contributed by atoms with Gasteiger partial charge in [0.2, 0.25) is 0 Å². The summed E-state index contributed by atoms with van der Waals surface area (Å²) in [6.07, 6.45) is -1.46. The second-order valence-corrected chi connectivity index (χ2v) is 3.25. The van der Waals surface area contributed by atoms with Gasteiger partial charge in [0.05, 0.1) is 12.6 Å². The van der Waals surface area contributed by atoms with Crippen LogP contribution in [0.25, 0.3) is 0 Å². The minimum absolute atomic E-state index is 0.156. The molecule has 13 heavy (non-hydrogen) atoms. The Balaban J connectivity index is 3.91. The third kappa shape index (κ3) is 5.16. The van der Waals surface area contributed by atoms with E-state index in [2.05, 4.69) is 5.32 Å². The van der Waals surface area contributed by atoms with Crippen molar-refractivity contribution in [3.8, 4) is 0 Å². The van der Waals surface area contributed by atoms with Crippen LogP contribution in [0.1, 0.15) is 20.3 Å². The van der Waals surface area contributed by atoms with Gasteiger partial charge in [0.25, 0.3) is 6.43 Å². The second kappa shape index (κ2) is 7.21. The maximum atomic E-state index is 12.5. The molecule has 0 saturated carbocycles. The smallest absolute Gasteiger partial charge is 0.254 e. The van der Waals surface area contributed by atoms with Gasteiger partial charge in [-0.25, -0.2) is 8.78 Å². The summed E-state index contributed by atoms with van der Waals surface area (Å²) >= 11 is 0. The average molecular weight is 195 g/mol. The minimum atomic E-state index is -2.32. The van der Waals surface area contributed by atoms with Crippen LogP contribution in [0.3, 0.4) is 0 Å². The highest BCUT2D eigenvalue weighted by Gasteiger charge is 2.25. The number of alkyl halides is 2. The fourth-order valence-electron chi connectivity index (χ4n) is 1.22. The first-order chi connectivity index (χ1) is 6.13. The van der Waals surface area contributed by atoms with Crippen LogP contribution >= 0.6 is 0 Å².